The van der Waals surface area contributed by atoms with Gasteiger partial charge >= 0.3 is 5.97 Å². The first-order chi connectivity index (χ1) is 19.9. The lowest BCUT2D eigenvalue weighted by atomic mass is 10.1. The number of halogens is 1. The van der Waals surface area contributed by atoms with Gasteiger partial charge in [0, 0.05) is 30.9 Å². The normalized spacial score (nSPS) is 13.0. The van der Waals surface area contributed by atoms with Crippen LogP contribution in [0.5, 0.6) is 5.75 Å². The first-order valence-corrected chi connectivity index (χ1v) is 12.9. The highest BCUT2D eigenvalue weighted by Crippen LogP contribution is 2.40. The molecule has 0 saturated heterocycles. The van der Waals surface area contributed by atoms with Gasteiger partial charge in [-0.3, -0.25) is 9.59 Å². The summed E-state index contributed by atoms with van der Waals surface area (Å²) in [7, 11) is 1.35. The molecule has 14 nitrogen and oxygen atoms in total. The van der Waals surface area contributed by atoms with Crippen LogP contribution >= 0.6 is 0 Å². The van der Waals surface area contributed by atoms with Gasteiger partial charge in [-0.2, -0.15) is 0 Å². The van der Waals surface area contributed by atoms with Crippen molar-refractivity contribution in [3.8, 4) is 11.4 Å². The van der Waals surface area contributed by atoms with Crippen LogP contribution in [0.4, 0.5) is 4.39 Å². The number of hydrogen-bond donors (Lipinski definition) is 2. The number of aryl methyl sites for hydroxylation is 1. The highest BCUT2D eigenvalue weighted by Gasteiger charge is 2.25. The summed E-state index contributed by atoms with van der Waals surface area (Å²) in [4.78, 5) is 28.8. The molecule has 1 aliphatic carbocycles. The highest BCUT2D eigenvalue weighted by molar-refractivity contribution is 5.91. The molecule has 41 heavy (non-hydrogen) atoms. The third-order valence-electron chi connectivity index (χ3n) is 6.88. The molecule has 0 bridgehead atoms. The zero-order valence-corrected chi connectivity index (χ0v) is 21.9. The molecule has 1 amide bonds. The van der Waals surface area contributed by atoms with Crippen molar-refractivity contribution >= 4 is 17.5 Å². The number of carboxylic acid groups (broad SMARTS) is 1. The second-order valence-corrected chi connectivity index (χ2v) is 9.75. The maximum atomic E-state index is 15.1. The van der Waals surface area contributed by atoms with E-state index in [0.717, 1.165) is 18.4 Å². The van der Waals surface area contributed by atoms with Gasteiger partial charge < -0.3 is 19.6 Å². The van der Waals surface area contributed by atoms with E-state index in [0.29, 0.717) is 29.4 Å². The zero-order chi connectivity index (χ0) is 28.5. The van der Waals surface area contributed by atoms with Crippen molar-refractivity contribution in [3.05, 3.63) is 77.0 Å². The van der Waals surface area contributed by atoms with E-state index in [4.69, 9.17) is 9.72 Å². The van der Waals surface area contributed by atoms with Gasteiger partial charge in [-0.15, -0.1) is 10.2 Å². The van der Waals surface area contributed by atoms with Crippen LogP contribution in [0.2, 0.25) is 0 Å². The summed E-state index contributed by atoms with van der Waals surface area (Å²) in [6.07, 6.45) is 9.35. The number of methoxy groups -OCH3 is 1. The van der Waals surface area contributed by atoms with Gasteiger partial charge in [0.1, 0.15) is 12.0 Å². The fourth-order valence-electron chi connectivity index (χ4n) is 4.69. The second kappa shape index (κ2) is 10.7. The van der Waals surface area contributed by atoms with Crippen LogP contribution in [0.15, 0.2) is 43.1 Å². The van der Waals surface area contributed by atoms with E-state index in [-0.39, 0.29) is 36.5 Å². The van der Waals surface area contributed by atoms with E-state index in [1.54, 1.807) is 6.07 Å². The number of benzene rings is 1. The number of carboxylic acids is 1. The zero-order valence-electron chi connectivity index (χ0n) is 21.9. The van der Waals surface area contributed by atoms with Gasteiger partial charge in [-0.05, 0) is 58.9 Å². The number of rotatable bonds is 11. The molecular formula is C26H25FN10O4. The summed E-state index contributed by atoms with van der Waals surface area (Å²) in [5, 5.41) is 30.8. The molecule has 6 rings (SSSR count). The van der Waals surface area contributed by atoms with Crippen molar-refractivity contribution in [2.24, 2.45) is 0 Å². The Morgan fingerprint density at radius 2 is 2.05 bits per heavy atom. The molecule has 0 unspecified atom stereocenters. The topological polar surface area (TPSA) is 167 Å². The minimum atomic E-state index is -0.860. The number of carbonyl (C=O) groups excluding carboxylic acids is 1. The minimum Gasteiger partial charge on any atom is -0.494 e. The lowest BCUT2D eigenvalue weighted by Gasteiger charge is -2.13. The molecule has 4 aromatic heterocycles. The van der Waals surface area contributed by atoms with E-state index in [2.05, 4.69) is 37.2 Å². The van der Waals surface area contributed by atoms with Crippen LogP contribution in [0.3, 0.4) is 0 Å². The molecule has 2 N–H and O–H groups in total. The molecule has 0 spiro atoms. The Kier molecular flexibility index (Phi) is 6.83. The summed E-state index contributed by atoms with van der Waals surface area (Å²) >= 11 is 0. The number of aromatic nitrogens is 9. The number of pyridine rings is 1. The third-order valence-corrected chi connectivity index (χ3v) is 6.88. The first-order valence-electron chi connectivity index (χ1n) is 12.9. The molecule has 1 fully saturated rings. The Morgan fingerprint density at radius 1 is 1.20 bits per heavy atom. The lowest BCUT2D eigenvalue weighted by molar-refractivity contribution is -0.136. The van der Waals surface area contributed by atoms with Crippen molar-refractivity contribution in [1.29, 1.82) is 0 Å². The number of tetrazole rings is 1. The van der Waals surface area contributed by atoms with E-state index in [1.807, 2.05) is 16.8 Å². The Hall–Kier alpha value is -5.21. The number of nitrogens with zero attached hydrogens (tertiary/aromatic N) is 9. The number of aliphatic carboxylic acids is 1. The summed E-state index contributed by atoms with van der Waals surface area (Å²) < 4.78 is 24.8. The van der Waals surface area contributed by atoms with Crippen LogP contribution < -0.4 is 10.1 Å². The summed E-state index contributed by atoms with van der Waals surface area (Å²) in [6.45, 7) is 0.0614. The molecule has 210 valence electrons. The number of ether oxygens (including phenoxy) is 1. The minimum absolute atomic E-state index is 0.0137. The number of carbonyl (C=O) groups is 2. The van der Waals surface area contributed by atoms with Gasteiger partial charge in [-0.1, -0.05) is 11.3 Å². The molecule has 4 heterocycles. The second-order valence-electron chi connectivity index (χ2n) is 9.75. The molecular weight excluding hydrogens is 535 g/mol. The quantitative estimate of drug-likeness (QED) is 0.244. The average Bonchev–Trinajstić information content (AvgIpc) is 3.31. The predicted octanol–water partition coefficient (Wildman–Crippen LogP) is 1.92. The van der Waals surface area contributed by atoms with Crippen LogP contribution in [-0.2, 0) is 24.3 Å². The Morgan fingerprint density at radius 3 is 2.78 bits per heavy atom. The molecule has 0 radical (unpaired) electrons. The maximum Gasteiger partial charge on any atom is 0.303 e. The van der Waals surface area contributed by atoms with E-state index >= 15 is 4.39 Å². The highest BCUT2D eigenvalue weighted by atomic mass is 19.1. The average molecular weight is 561 g/mol. The lowest BCUT2D eigenvalue weighted by Crippen LogP contribution is -2.25. The standard InChI is InChI=1S/C26H25FN10O4/c1-41-22-6-5-21(37-14-29-32-34-37)19(24(22)27)9-28-26(40)20-13-36(33-31-20)12-18-11-35-10-17(15-2-3-15)8-16(25(35)30-18)4-7-23(38)39/h5-6,8,10-11,13-15H,2-4,7,9,12H2,1H3,(H,28,40)(H,38,39). The Bertz CT molecular complexity index is 1740. The number of fused-ring (bicyclic) bond motifs is 1. The summed E-state index contributed by atoms with van der Waals surface area (Å²) in [5.74, 6) is -1.55. The molecule has 5 aromatic rings. The van der Waals surface area contributed by atoms with Gasteiger partial charge in [-0.25, -0.2) is 18.7 Å². The van der Waals surface area contributed by atoms with E-state index in [9.17, 15) is 14.7 Å². The van der Waals surface area contributed by atoms with E-state index in [1.165, 1.54) is 40.6 Å². The van der Waals surface area contributed by atoms with Crippen molar-refractivity contribution in [2.75, 3.05) is 7.11 Å². The molecule has 1 saturated carbocycles. The predicted molar refractivity (Wildman–Crippen MR) is 139 cm³/mol. The fourth-order valence-corrected chi connectivity index (χ4v) is 4.69. The van der Waals surface area contributed by atoms with Crippen LogP contribution in [-0.4, -0.2) is 68.7 Å². The molecule has 1 aromatic carbocycles. The number of nitrogens with one attached hydrogen (secondary N) is 1. The summed E-state index contributed by atoms with van der Waals surface area (Å²) in [6, 6.07) is 5.09. The van der Waals surface area contributed by atoms with Gasteiger partial charge in [0.25, 0.3) is 5.91 Å². The van der Waals surface area contributed by atoms with Crippen molar-refractivity contribution in [2.45, 2.75) is 44.7 Å². The van der Waals surface area contributed by atoms with Gasteiger partial charge in [0.15, 0.2) is 17.3 Å². The smallest absolute Gasteiger partial charge is 0.303 e. The SMILES string of the molecule is COc1ccc(-n2cnnn2)c(CNC(=O)c2cn(Cc3cn4cc(C5CC5)cc(CCC(=O)O)c4n3)nn2)c1F. The van der Waals surface area contributed by atoms with Crippen molar-refractivity contribution < 1.29 is 23.8 Å². The number of imidazole rings is 1. The monoisotopic (exact) mass is 560 g/mol. The molecule has 0 atom stereocenters. The summed E-state index contributed by atoms with van der Waals surface area (Å²) in [5.41, 5.74) is 3.95. The van der Waals surface area contributed by atoms with Crippen LogP contribution in [0.25, 0.3) is 11.3 Å². The molecule has 1 aliphatic rings. The third kappa shape index (κ3) is 5.46. The largest absolute Gasteiger partial charge is 0.494 e. The number of hydrogen-bond acceptors (Lipinski definition) is 9. The van der Waals surface area contributed by atoms with Crippen LogP contribution in [0, 0.1) is 5.82 Å². The van der Waals surface area contributed by atoms with Crippen LogP contribution in [0.1, 0.15) is 58.1 Å². The molecule has 0 aliphatic heterocycles. The van der Waals surface area contributed by atoms with E-state index < -0.39 is 17.7 Å². The first kappa shape index (κ1) is 26.0. The van der Waals surface area contributed by atoms with Gasteiger partial charge in [0.2, 0.25) is 0 Å². The number of amides is 1. The Labute approximate surface area is 231 Å². The van der Waals surface area contributed by atoms with Crippen molar-refractivity contribution in [1.82, 2.24) is 49.9 Å². The molecule has 15 heteroatoms. The van der Waals surface area contributed by atoms with Gasteiger partial charge in [0.05, 0.1) is 31.2 Å². The fraction of sp³-hybridized carbons (Fsp3) is 0.308. The Balaban J connectivity index is 1.18. The maximum absolute atomic E-state index is 15.1. The van der Waals surface area contributed by atoms with Crippen molar-refractivity contribution in [3.63, 3.8) is 0 Å².